The van der Waals surface area contributed by atoms with E-state index >= 15 is 0 Å². The summed E-state index contributed by atoms with van der Waals surface area (Å²) < 4.78 is 15.8. The highest BCUT2D eigenvalue weighted by molar-refractivity contribution is 5.93. The molecule has 6 heteroatoms. The predicted octanol–water partition coefficient (Wildman–Crippen LogP) is 2.69. The standard InChI is InChI=1S/C19H21NO5/c1-20(2)18(21)17(13-8-6-5-7-9-13)25-19(22)14-10-11-15(23-3)16(12-14)24-4/h5-12,17H,1-4H3/t17-/m0/s1. The van der Waals surface area contributed by atoms with Crippen molar-refractivity contribution in [1.29, 1.82) is 0 Å². The van der Waals surface area contributed by atoms with Crippen LogP contribution in [0.2, 0.25) is 0 Å². The van der Waals surface area contributed by atoms with Gasteiger partial charge in [0.2, 0.25) is 6.10 Å². The van der Waals surface area contributed by atoms with E-state index < -0.39 is 12.1 Å². The summed E-state index contributed by atoms with van der Waals surface area (Å²) in [6.07, 6.45) is -1.02. The largest absolute Gasteiger partial charge is 0.493 e. The molecule has 0 aliphatic heterocycles. The molecule has 0 aliphatic carbocycles. The monoisotopic (exact) mass is 343 g/mol. The smallest absolute Gasteiger partial charge is 0.339 e. The Balaban J connectivity index is 2.29. The molecule has 1 atom stereocenters. The molecule has 0 saturated carbocycles. The van der Waals surface area contributed by atoms with E-state index in [9.17, 15) is 9.59 Å². The molecule has 0 spiro atoms. The minimum atomic E-state index is -1.02. The lowest BCUT2D eigenvalue weighted by Crippen LogP contribution is -2.31. The number of methoxy groups -OCH3 is 2. The SMILES string of the molecule is COc1ccc(C(=O)O[C@H](C(=O)N(C)C)c2ccccc2)cc1OC. The molecule has 0 aliphatic rings. The molecular formula is C19H21NO5. The summed E-state index contributed by atoms with van der Waals surface area (Å²) in [5, 5.41) is 0. The number of amides is 1. The van der Waals surface area contributed by atoms with Crippen molar-refractivity contribution >= 4 is 11.9 Å². The normalized spacial score (nSPS) is 11.4. The van der Waals surface area contributed by atoms with E-state index in [1.807, 2.05) is 6.07 Å². The fourth-order valence-corrected chi connectivity index (χ4v) is 2.26. The van der Waals surface area contributed by atoms with Gasteiger partial charge in [-0.15, -0.1) is 0 Å². The summed E-state index contributed by atoms with van der Waals surface area (Å²) in [7, 11) is 6.22. The number of nitrogens with zero attached hydrogens (tertiary/aromatic N) is 1. The third kappa shape index (κ3) is 4.29. The average Bonchev–Trinajstić information content (AvgIpc) is 2.65. The van der Waals surface area contributed by atoms with Gasteiger partial charge in [-0.3, -0.25) is 4.79 Å². The number of ether oxygens (including phenoxy) is 3. The Kier molecular flexibility index (Phi) is 6.00. The van der Waals surface area contributed by atoms with Crippen LogP contribution in [0, 0.1) is 0 Å². The summed E-state index contributed by atoms with van der Waals surface area (Å²) >= 11 is 0. The van der Waals surface area contributed by atoms with Crippen molar-refractivity contribution in [3.63, 3.8) is 0 Å². The van der Waals surface area contributed by atoms with Crippen molar-refractivity contribution in [1.82, 2.24) is 4.90 Å². The summed E-state index contributed by atoms with van der Waals surface area (Å²) in [5.41, 5.74) is 0.875. The summed E-state index contributed by atoms with van der Waals surface area (Å²) in [6, 6.07) is 13.6. The van der Waals surface area contributed by atoms with E-state index in [1.54, 1.807) is 50.5 Å². The van der Waals surface area contributed by atoms with Gasteiger partial charge < -0.3 is 19.1 Å². The van der Waals surface area contributed by atoms with E-state index in [4.69, 9.17) is 14.2 Å². The quantitative estimate of drug-likeness (QED) is 0.755. The number of benzene rings is 2. The molecule has 0 unspecified atom stereocenters. The number of carbonyl (C=O) groups is 2. The molecule has 0 N–H and O–H groups in total. The van der Waals surface area contributed by atoms with Gasteiger partial charge in [0, 0.05) is 19.7 Å². The summed E-state index contributed by atoms with van der Waals surface area (Å²) in [6.45, 7) is 0. The average molecular weight is 343 g/mol. The molecule has 25 heavy (non-hydrogen) atoms. The maximum Gasteiger partial charge on any atom is 0.339 e. The first-order chi connectivity index (χ1) is 12.0. The lowest BCUT2D eigenvalue weighted by Gasteiger charge is -2.21. The molecular weight excluding hydrogens is 322 g/mol. The van der Waals surface area contributed by atoms with Crippen LogP contribution in [0.5, 0.6) is 11.5 Å². The summed E-state index contributed by atoms with van der Waals surface area (Å²) in [5.74, 6) is -0.0276. The van der Waals surface area contributed by atoms with Crippen LogP contribution in [0.15, 0.2) is 48.5 Å². The highest BCUT2D eigenvalue weighted by Crippen LogP contribution is 2.29. The lowest BCUT2D eigenvalue weighted by molar-refractivity contribution is -0.138. The number of hydrogen-bond acceptors (Lipinski definition) is 5. The van der Waals surface area contributed by atoms with Crippen LogP contribution in [0.3, 0.4) is 0 Å². The summed E-state index contributed by atoms with van der Waals surface area (Å²) in [4.78, 5) is 26.4. The van der Waals surface area contributed by atoms with Gasteiger partial charge in [0.1, 0.15) is 0 Å². The highest BCUT2D eigenvalue weighted by Gasteiger charge is 2.27. The van der Waals surface area contributed by atoms with E-state index in [0.717, 1.165) is 0 Å². The fraction of sp³-hybridized carbons (Fsp3) is 0.263. The van der Waals surface area contributed by atoms with Crippen molar-refractivity contribution in [3.05, 3.63) is 59.7 Å². The fourth-order valence-electron chi connectivity index (χ4n) is 2.26. The van der Waals surface area contributed by atoms with Gasteiger partial charge in [-0.05, 0) is 18.2 Å². The van der Waals surface area contributed by atoms with Gasteiger partial charge in [-0.25, -0.2) is 4.79 Å². The zero-order valence-corrected chi connectivity index (χ0v) is 14.7. The minimum absolute atomic E-state index is 0.269. The van der Waals surface area contributed by atoms with E-state index in [2.05, 4.69) is 0 Å². The van der Waals surface area contributed by atoms with Crippen LogP contribution in [0.1, 0.15) is 22.0 Å². The number of likely N-dealkylation sites (N-methyl/N-ethyl adjacent to an activating group) is 1. The Hall–Kier alpha value is -3.02. The zero-order valence-electron chi connectivity index (χ0n) is 14.7. The Morgan fingerprint density at radius 1 is 0.920 bits per heavy atom. The second-order valence-electron chi connectivity index (χ2n) is 5.50. The second kappa shape index (κ2) is 8.19. The molecule has 1 amide bonds. The van der Waals surface area contributed by atoms with Gasteiger partial charge >= 0.3 is 5.97 Å². The Bertz CT molecular complexity index is 743. The van der Waals surface area contributed by atoms with Crippen molar-refractivity contribution in [2.24, 2.45) is 0 Å². The topological polar surface area (TPSA) is 65.1 Å². The van der Waals surface area contributed by atoms with Crippen LogP contribution in [-0.4, -0.2) is 45.1 Å². The third-order valence-electron chi connectivity index (χ3n) is 3.61. The molecule has 6 nitrogen and oxygen atoms in total. The maximum absolute atomic E-state index is 12.5. The molecule has 0 fully saturated rings. The Labute approximate surface area is 146 Å². The van der Waals surface area contributed by atoms with Gasteiger partial charge in [0.05, 0.1) is 19.8 Å². The molecule has 2 rings (SSSR count). The van der Waals surface area contributed by atoms with Crippen molar-refractivity contribution < 1.29 is 23.8 Å². The molecule has 0 bridgehead atoms. The molecule has 0 radical (unpaired) electrons. The highest BCUT2D eigenvalue weighted by atomic mass is 16.5. The third-order valence-corrected chi connectivity index (χ3v) is 3.61. The van der Waals surface area contributed by atoms with Crippen LogP contribution >= 0.6 is 0 Å². The Morgan fingerprint density at radius 2 is 1.56 bits per heavy atom. The van der Waals surface area contributed by atoms with E-state index in [-0.39, 0.29) is 11.5 Å². The van der Waals surface area contributed by atoms with Gasteiger partial charge in [-0.1, -0.05) is 30.3 Å². The van der Waals surface area contributed by atoms with Gasteiger partial charge in [0.25, 0.3) is 5.91 Å². The predicted molar refractivity (Wildman–Crippen MR) is 92.8 cm³/mol. The molecule has 132 valence electrons. The van der Waals surface area contributed by atoms with Crippen LogP contribution in [-0.2, 0) is 9.53 Å². The van der Waals surface area contributed by atoms with Crippen molar-refractivity contribution in [2.45, 2.75) is 6.10 Å². The molecule has 0 aromatic heterocycles. The second-order valence-corrected chi connectivity index (χ2v) is 5.50. The molecule has 0 heterocycles. The lowest BCUT2D eigenvalue weighted by atomic mass is 10.1. The van der Waals surface area contributed by atoms with E-state index in [0.29, 0.717) is 17.1 Å². The number of hydrogen-bond donors (Lipinski definition) is 0. The maximum atomic E-state index is 12.5. The van der Waals surface area contributed by atoms with Crippen molar-refractivity contribution in [3.8, 4) is 11.5 Å². The number of carbonyl (C=O) groups excluding carboxylic acids is 2. The first kappa shape index (κ1) is 18.3. The molecule has 2 aromatic carbocycles. The van der Waals surface area contributed by atoms with Crippen LogP contribution in [0.4, 0.5) is 0 Å². The van der Waals surface area contributed by atoms with Crippen molar-refractivity contribution in [2.75, 3.05) is 28.3 Å². The van der Waals surface area contributed by atoms with Crippen LogP contribution in [0.25, 0.3) is 0 Å². The number of esters is 1. The molecule has 2 aromatic rings. The van der Waals surface area contributed by atoms with Crippen LogP contribution < -0.4 is 9.47 Å². The zero-order chi connectivity index (χ0) is 18.4. The van der Waals surface area contributed by atoms with Gasteiger partial charge in [-0.2, -0.15) is 0 Å². The first-order valence-electron chi connectivity index (χ1n) is 7.67. The Morgan fingerprint density at radius 3 is 2.12 bits per heavy atom. The minimum Gasteiger partial charge on any atom is -0.493 e. The van der Waals surface area contributed by atoms with Gasteiger partial charge in [0.15, 0.2) is 11.5 Å². The first-order valence-corrected chi connectivity index (χ1v) is 7.67. The van der Waals surface area contributed by atoms with E-state index in [1.165, 1.54) is 25.2 Å². The molecule has 0 saturated heterocycles. The number of rotatable bonds is 6.